The minimum absolute atomic E-state index is 0.165. The Morgan fingerprint density at radius 3 is 2.56 bits per heavy atom. The number of ether oxygens (including phenoxy) is 1. The molecule has 0 saturated heterocycles. The number of benzene rings is 1. The van der Waals surface area contributed by atoms with Crippen LogP contribution in [0.5, 0.6) is 0 Å². The molecule has 0 aromatic heterocycles. The van der Waals surface area contributed by atoms with Gasteiger partial charge >= 0.3 is 0 Å². The first-order chi connectivity index (χ1) is 8.47. The standard InChI is InChI=1S/C15H22O3/c1-4-15(3,17)14(16)12(2)10-18-11-13-8-6-5-7-9-13/h4-9,12,14,16-17H,1,10-11H2,2-3H3/t12-,14-,15-/m0/s1. The molecular weight excluding hydrogens is 228 g/mol. The first-order valence-electron chi connectivity index (χ1n) is 6.13. The van der Waals surface area contributed by atoms with Gasteiger partial charge in [-0.2, -0.15) is 0 Å². The molecule has 1 aromatic carbocycles. The zero-order valence-electron chi connectivity index (χ0n) is 11.0. The van der Waals surface area contributed by atoms with E-state index in [2.05, 4.69) is 6.58 Å². The molecule has 2 N–H and O–H groups in total. The molecule has 0 aliphatic heterocycles. The first kappa shape index (κ1) is 14.9. The lowest BCUT2D eigenvalue weighted by Crippen LogP contribution is -2.42. The average Bonchev–Trinajstić information content (AvgIpc) is 2.39. The Labute approximate surface area is 109 Å². The van der Waals surface area contributed by atoms with Crippen LogP contribution in [-0.4, -0.2) is 28.5 Å². The van der Waals surface area contributed by atoms with E-state index in [9.17, 15) is 10.2 Å². The Morgan fingerprint density at radius 2 is 2.00 bits per heavy atom. The lowest BCUT2D eigenvalue weighted by Gasteiger charge is -2.30. The van der Waals surface area contributed by atoms with Gasteiger partial charge in [-0.3, -0.25) is 0 Å². The molecular formula is C15H22O3. The summed E-state index contributed by atoms with van der Waals surface area (Å²) in [5.41, 5.74) is -0.190. The number of hydrogen-bond acceptors (Lipinski definition) is 3. The second-order valence-corrected chi connectivity index (χ2v) is 4.85. The van der Waals surface area contributed by atoms with Crippen LogP contribution in [-0.2, 0) is 11.3 Å². The normalized spacial score (nSPS) is 17.8. The SMILES string of the molecule is C=C[C@](C)(O)[C@@H](O)[C@@H](C)COCc1ccccc1. The van der Waals surface area contributed by atoms with Crippen LogP contribution in [0.15, 0.2) is 43.0 Å². The second kappa shape index (κ2) is 6.69. The van der Waals surface area contributed by atoms with Gasteiger partial charge in [0.1, 0.15) is 5.60 Å². The zero-order valence-corrected chi connectivity index (χ0v) is 11.0. The number of aliphatic hydroxyl groups excluding tert-OH is 1. The van der Waals surface area contributed by atoms with Crippen molar-refractivity contribution in [1.82, 2.24) is 0 Å². The summed E-state index contributed by atoms with van der Waals surface area (Å²) in [6.07, 6.45) is 0.469. The van der Waals surface area contributed by atoms with Gasteiger partial charge in [-0.1, -0.05) is 43.3 Å². The molecule has 0 radical (unpaired) electrons. The van der Waals surface area contributed by atoms with E-state index < -0.39 is 11.7 Å². The smallest absolute Gasteiger partial charge is 0.106 e. The quantitative estimate of drug-likeness (QED) is 0.729. The van der Waals surface area contributed by atoms with Gasteiger partial charge < -0.3 is 14.9 Å². The molecule has 3 nitrogen and oxygen atoms in total. The Kier molecular flexibility index (Phi) is 5.54. The minimum Gasteiger partial charge on any atom is -0.389 e. The van der Waals surface area contributed by atoms with Gasteiger partial charge in [0.15, 0.2) is 0 Å². The highest BCUT2D eigenvalue weighted by Gasteiger charge is 2.31. The van der Waals surface area contributed by atoms with Crippen molar-refractivity contribution in [3.05, 3.63) is 48.6 Å². The van der Waals surface area contributed by atoms with Crippen LogP contribution in [0, 0.1) is 5.92 Å². The lowest BCUT2D eigenvalue weighted by atomic mass is 9.90. The Bertz CT molecular complexity index is 359. The molecule has 0 spiro atoms. The third-order valence-electron chi connectivity index (χ3n) is 3.04. The predicted octanol–water partition coefficient (Wildman–Crippen LogP) is 2.14. The molecule has 100 valence electrons. The van der Waals surface area contributed by atoms with Crippen molar-refractivity contribution in [1.29, 1.82) is 0 Å². The summed E-state index contributed by atoms with van der Waals surface area (Å²) >= 11 is 0. The lowest BCUT2D eigenvalue weighted by molar-refractivity contribution is -0.0733. The van der Waals surface area contributed by atoms with E-state index in [-0.39, 0.29) is 5.92 Å². The van der Waals surface area contributed by atoms with E-state index in [1.807, 2.05) is 37.3 Å². The number of aliphatic hydroxyl groups is 2. The molecule has 1 rings (SSSR count). The molecule has 0 aliphatic carbocycles. The van der Waals surface area contributed by atoms with Gasteiger partial charge in [-0.15, -0.1) is 6.58 Å². The third-order valence-corrected chi connectivity index (χ3v) is 3.04. The minimum atomic E-state index is -1.28. The summed E-state index contributed by atoms with van der Waals surface area (Å²) in [6, 6.07) is 9.85. The molecule has 0 heterocycles. The third kappa shape index (κ3) is 4.26. The Hall–Kier alpha value is -1.16. The molecule has 0 bridgehead atoms. The highest BCUT2D eigenvalue weighted by molar-refractivity contribution is 5.13. The fraction of sp³-hybridized carbons (Fsp3) is 0.467. The summed E-state index contributed by atoms with van der Waals surface area (Å²) in [7, 11) is 0. The highest BCUT2D eigenvalue weighted by Crippen LogP contribution is 2.19. The molecule has 1 aromatic rings. The van der Waals surface area contributed by atoms with Crippen LogP contribution in [0.1, 0.15) is 19.4 Å². The Balaban J connectivity index is 2.37. The number of hydrogen-bond donors (Lipinski definition) is 2. The summed E-state index contributed by atoms with van der Waals surface area (Å²) in [6.45, 7) is 7.79. The molecule has 0 amide bonds. The summed E-state index contributed by atoms with van der Waals surface area (Å²) in [4.78, 5) is 0. The summed E-state index contributed by atoms with van der Waals surface area (Å²) < 4.78 is 5.54. The largest absolute Gasteiger partial charge is 0.389 e. The van der Waals surface area contributed by atoms with E-state index in [4.69, 9.17) is 4.74 Å². The predicted molar refractivity (Wildman–Crippen MR) is 72.1 cm³/mol. The van der Waals surface area contributed by atoms with Crippen molar-refractivity contribution in [2.24, 2.45) is 5.92 Å². The maximum absolute atomic E-state index is 9.94. The molecule has 0 saturated carbocycles. The zero-order chi connectivity index (χ0) is 13.6. The van der Waals surface area contributed by atoms with Crippen LogP contribution in [0.2, 0.25) is 0 Å². The Morgan fingerprint density at radius 1 is 1.39 bits per heavy atom. The van der Waals surface area contributed by atoms with Gasteiger partial charge in [-0.25, -0.2) is 0 Å². The molecule has 18 heavy (non-hydrogen) atoms. The molecule has 0 unspecified atom stereocenters. The topological polar surface area (TPSA) is 49.7 Å². The van der Waals surface area contributed by atoms with Gasteiger partial charge in [-0.05, 0) is 12.5 Å². The van der Waals surface area contributed by atoms with E-state index in [0.717, 1.165) is 5.56 Å². The van der Waals surface area contributed by atoms with E-state index in [0.29, 0.717) is 13.2 Å². The van der Waals surface area contributed by atoms with Crippen LogP contribution in [0.4, 0.5) is 0 Å². The fourth-order valence-corrected chi connectivity index (χ4v) is 1.72. The summed E-state index contributed by atoms with van der Waals surface area (Å²) in [5, 5.41) is 19.8. The van der Waals surface area contributed by atoms with E-state index >= 15 is 0 Å². The molecule has 3 atom stereocenters. The van der Waals surface area contributed by atoms with Gasteiger partial charge in [0.2, 0.25) is 0 Å². The van der Waals surface area contributed by atoms with Gasteiger partial charge in [0.05, 0.1) is 19.3 Å². The number of rotatable bonds is 7. The highest BCUT2D eigenvalue weighted by atomic mass is 16.5. The van der Waals surface area contributed by atoms with E-state index in [1.54, 1.807) is 6.92 Å². The maximum Gasteiger partial charge on any atom is 0.106 e. The van der Waals surface area contributed by atoms with Crippen molar-refractivity contribution < 1.29 is 14.9 Å². The van der Waals surface area contributed by atoms with Crippen molar-refractivity contribution in [2.45, 2.75) is 32.2 Å². The van der Waals surface area contributed by atoms with E-state index in [1.165, 1.54) is 6.08 Å². The summed E-state index contributed by atoms with van der Waals surface area (Å²) in [5.74, 6) is -0.165. The van der Waals surface area contributed by atoms with Crippen LogP contribution in [0.25, 0.3) is 0 Å². The second-order valence-electron chi connectivity index (χ2n) is 4.85. The van der Waals surface area contributed by atoms with Gasteiger partial charge in [0, 0.05) is 5.92 Å². The van der Waals surface area contributed by atoms with Crippen LogP contribution >= 0.6 is 0 Å². The fourth-order valence-electron chi connectivity index (χ4n) is 1.72. The molecule has 0 fully saturated rings. The molecule has 0 aliphatic rings. The van der Waals surface area contributed by atoms with Crippen LogP contribution in [0.3, 0.4) is 0 Å². The van der Waals surface area contributed by atoms with Crippen molar-refractivity contribution >= 4 is 0 Å². The van der Waals surface area contributed by atoms with Gasteiger partial charge in [0.25, 0.3) is 0 Å². The molecule has 3 heteroatoms. The van der Waals surface area contributed by atoms with Crippen LogP contribution < -0.4 is 0 Å². The average molecular weight is 250 g/mol. The monoisotopic (exact) mass is 250 g/mol. The van der Waals surface area contributed by atoms with Crippen molar-refractivity contribution in [2.75, 3.05) is 6.61 Å². The van der Waals surface area contributed by atoms with Crippen molar-refractivity contribution in [3.8, 4) is 0 Å². The maximum atomic E-state index is 9.94. The first-order valence-corrected chi connectivity index (χ1v) is 6.13. The van der Waals surface area contributed by atoms with Crippen molar-refractivity contribution in [3.63, 3.8) is 0 Å².